The molecule has 100 valence electrons. The minimum absolute atomic E-state index is 0.0522. The summed E-state index contributed by atoms with van der Waals surface area (Å²) < 4.78 is 1.71. The number of unbranched alkanes of at least 4 members (excludes halogenated alkanes) is 1. The van der Waals surface area contributed by atoms with Crippen molar-refractivity contribution in [1.82, 2.24) is 15.1 Å². The standard InChI is InChI=1S/C12H19N3O3/c1-9-10(8-15(2)14-9)7-13-11(16)5-3-4-6-12(17)18/h8H,3-7H2,1-2H3,(H,13,16)(H,17,18). The van der Waals surface area contributed by atoms with E-state index in [0.29, 0.717) is 25.8 Å². The first-order chi connectivity index (χ1) is 8.49. The lowest BCUT2D eigenvalue weighted by Crippen LogP contribution is -2.22. The zero-order valence-corrected chi connectivity index (χ0v) is 10.8. The van der Waals surface area contributed by atoms with E-state index in [1.54, 1.807) is 4.68 Å². The number of amides is 1. The molecule has 2 N–H and O–H groups in total. The summed E-state index contributed by atoms with van der Waals surface area (Å²) in [4.78, 5) is 21.8. The summed E-state index contributed by atoms with van der Waals surface area (Å²) in [5, 5.41) is 15.4. The number of carboxylic acids is 1. The second-order valence-electron chi connectivity index (χ2n) is 4.29. The highest BCUT2D eigenvalue weighted by atomic mass is 16.4. The van der Waals surface area contributed by atoms with Crippen LogP contribution in [0.2, 0.25) is 0 Å². The quantitative estimate of drug-likeness (QED) is 0.710. The zero-order chi connectivity index (χ0) is 13.5. The van der Waals surface area contributed by atoms with Crippen molar-refractivity contribution in [3.8, 4) is 0 Å². The van der Waals surface area contributed by atoms with Gasteiger partial charge in [0.1, 0.15) is 0 Å². The molecule has 0 unspecified atom stereocenters. The first kappa shape index (κ1) is 14.2. The van der Waals surface area contributed by atoms with Crippen molar-refractivity contribution in [3.05, 3.63) is 17.5 Å². The smallest absolute Gasteiger partial charge is 0.303 e. The van der Waals surface area contributed by atoms with Crippen LogP contribution >= 0.6 is 0 Å². The van der Waals surface area contributed by atoms with Crippen molar-refractivity contribution < 1.29 is 14.7 Å². The van der Waals surface area contributed by atoms with Gasteiger partial charge in [-0.05, 0) is 19.8 Å². The van der Waals surface area contributed by atoms with Gasteiger partial charge in [0.25, 0.3) is 0 Å². The number of aryl methyl sites for hydroxylation is 2. The molecule has 6 heteroatoms. The van der Waals surface area contributed by atoms with E-state index in [0.717, 1.165) is 11.3 Å². The SMILES string of the molecule is Cc1nn(C)cc1CNC(=O)CCCCC(=O)O. The highest BCUT2D eigenvalue weighted by Crippen LogP contribution is 2.04. The van der Waals surface area contributed by atoms with Crippen molar-refractivity contribution in [2.45, 2.75) is 39.2 Å². The first-order valence-corrected chi connectivity index (χ1v) is 5.96. The summed E-state index contributed by atoms with van der Waals surface area (Å²) in [7, 11) is 1.84. The Morgan fingerprint density at radius 3 is 2.61 bits per heavy atom. The lowest BCUT2D eigenvalue weighted by molar-refractivity contribution is -0.137. The number of nitrogens with one attached hydrogen (secondary N) is 1. The van der Waals surface area contributed by atoms with Crippen LogP contribution in [0.5, 0.6) is 0 Å². The highest BCUT2D eigenvalue weighted by molar-refractivity contribution is 5.75. The summed E-state index contributed by atoms with van der Waals surface area (Å²) in [6, 6.07) is 0. The Kier molecular flexibility index (Phi) is 5.35. The third-order valence-corrected chi connectivity index (χ3v) is 2.64. The molecule has 0 spiro atoms. The van der Waals surface area contributed by atoms with E-state index < -0.39 is 5.97 Å². The molecule has 0 aliphatic heterocycles. The van der Waals surface area contributed by atoms with E-state index in [1.165, 1.54) is 0 Å². The monoisotopic (exact) mass is 253 g/mol. The number of hydrogen-bond donors (Lipinski definition) is 2. The molecule has 0 aliphatic rings. The molecule has 0 aromatic carbocycles. The molecule has 6 nitrogen and oxygen atoms in total. The number of rotatable bonds is 7. The van der Waals surface area contributed by atoms with Crippen LogP contribution in [0.1, 0.15) is 36.9 Å². The molecule has 1 rings (SSSR count). The van der Waals surface area contributed by atoms with Crippen molar-refractivity contribution in [3.63, 3.8) is 0 Å². The number of nitrogens with zero attached hydrogens (tertiary/aromatic N) is 2. The van der Waals surface area contributed by atoms with Crippen LogP contribution in [0.3, 0.4) is 0 Å². The van der Waals surface area contributed by atoms with E-state index >= 15 is 0 Å². The van der Waals surface area contributed by atoms with E-state index in [9.17, 15) is 9.59 Å². The van der Waals surface area contributed by atoms with Gasteiger partial charge in [0.2, 0.25) is 5.91 Å². The number of carbonyl (C=O) groups excluding carboxylic acids is 1. The third kappa shape index (κ3) is 4.99. The molecular formula is C12H19N3O3. The maximum absolute atomic E-state index is 11.5. The fraction of sp³-hybridized carbons (Fsp3) is 0.583. The first-order valence-electron chi connectivity index (χ1n) is 5.96. The van der Waals surface area contributed by atoms with E-state index in [1.807, 2.05) is 20.2 Å². The Bertz CT molecular complexity index is 426. The fourth-order valence-electron chi connectivity index (χ4n) is 1.67. The Morgan fingerprint density at radius 2 is 2.06 bits per heavy atom. The van der Waals surface area contributed by atoms with Gasteiger partial charge in [0.15, 0.2) is 0 Å². The predicted octanol–water partition coefficient (Wildman–Crippen LogP) is 0.990. The second kappa shape index (κ2) is 6.78. The normalized spacial score (nSPS) is 10.3. The molecule has 1 aromatic heterocycles. The maximum atomic E-state index is 11.5. The lowest BCUT2D eigenvalue weighted by Gasteiger charge is -2.03. The number of carbonyl (C=O) groups is 2. The third-order valence-electron chi connectivity index (χ3n) is 2.64. The summed E-state index contributed by atoms with van der Waals surface area (Å²) >= 11 is 0. The van der Waals surface area contributed by atoms with Gasteiger partial charge >= 0.3 is 5.97 Å². The molecule has 18 heavy (non-hydrogen) atoms. The van der Waals surface area contributed by atoms with Crippen LogP contribution in [0, 0.1) is 6.92 Å². The number of aromatic nitrogens is 2. The van der Waals surface area contributed by atoms with Crippen molar-refractivity contribution in [2.75, 3.05) is 0 Å². The largest absolute Gasteiger partial charge is 0.481 e. The maximum Gasteiger partial charge on any atom is 0.303 e. The van der Waals surface area contributed by atoms with Gasteiger partial charge in [-0.25, -0.2) is 0 Å². The Labute approximate surface area is 106 Å². The fourth-order valence-corrected chi connectivity index (χ4v) is 1.67. The van der Waals surface area contributed by atoms with E-state index in [-0.39, 0.29) is 12.3 Å². The van der Waals surface area contributed by atoms with Gasteiger partial charge in [-0.3, -0.25) is 14.3 Å². The molecule has 0 bridgehead atoms. The van der Waals surface area contributed by atoms with Crippen LogP contribution in [0.15, 0.2) is 6.20 Å². The van der Waals surface area contributed by atoms with Crippen LogP contribution < -0.4 is 5.32 Å². The highest BCUT2D eigenvalue weighted by Gasteiger charge is 2.06. The molecule has 0 saturated carbocycles. The van der Waals surface area contributed by atoms with E-state index in [4.69, 9.17) is 5.11 Å². The summed E-state index contributed by atoms with van der Waals surface area (Å²) in [6.45, 7) is 2.37. The second-order valence-corrected chi connectivity index (χ2v) is 4.29. The van der Waals surface area contributed by atoms with Gasteiger partial charge < -0.3 is 10.4 Å². The van der Waals surface area contributed by atoms with Crippen molar-refractivity contribution in [2.24, 2.45) is 7.05 Å². The minimum atomic E-state index is -0.818. The van der Waals surface area contributed by atoms with Crippen molar-refractivity contribution >= 4 is 11.9 Å². The summed E-state index contributed by atoms with van der Waals surface area (Å²) in [6.07, 6.45) is 3.50. The average molecular weight is 253 g/mol. The van der Waals surface area contributed by atoms with Gasteiger partial charge in [-0.1, -0.05) is 0 Å². The van der Waals surface area contributed by atoms with Gasteiger partial charge in [-0.15, -0.1) is 0 Å². The van der Waals surface area contributed by atoms with Gasteiger partial charge in [0.05, 0.1) is 5.69 Å². The molecule has 0 fully saturated rings. The topological polar surface area (TPSA) is 84.2 Å². The average Bonchev–Trinajstić information content (AvgIpc) is 2.60. The van der Waals surface area contributed by atoms with Gasteiger partial charge in [0, 0.05) is 38.2 Å². The molecule has 0 radical (unpaired) electrons. The lowest BCUT2D eigenvalue weighted by atomic mass is 10.2. The van der Waals surface area contributed by atoms with Crippen LogP contribution in [0.4, 0.5) is 0 Å². The van der Waals surface area contributed by atoms with Crippen molar-refractivity contribution in [1.29, 1.82) is 0 Å². The van der Waals surface area contributed by atoms with Gasteiger partial charge in [-0.2, -0.15) is 5.10 Å². The zero-order valence-electron chi connectivity index (χ0n) is 10.8. The summed E-state index contributed by atoms with van der Waals surface area (Å²) in [5.41, 5.74) is 1.90. The molecule has 0 atom stereocenters. The minimum Gasteiger partial charge on any atom is -0.481 e. The molecule has 1 amide bonds. The number of hydrogen-bond acceptors (Lipinski definition) is 3. The number of carboxylic acid groups (broad SMARTS) is 1. The number of aliphatic carboxylic acids is 1. The molecule has 1 aromatic rings. The summed E-state index contributed by atoms with van der Waals surface area (Å²) in [5.74, 6) is -0.870. The predicted molar refractivity (Wildman–Crippen MR) is 65.9 cm³/mol. The van der Waals surface area contributed by atoms with Crippen LogP contribution in [-0.2, 0) is 23.2 Å². The Morgan fingerprint density at radius 1 is 1.39 bits per heavy atom. The molecule has 0 aliphatic carbocycles. The van der Waals surface area contributed by atoms with E-state index in [2.05, 4.69) is 10.4 Å². The molecular weight excluding hydrogens is 234 g/mol. The van der Waals surface area contributed by atoms with Crippen LogP contribution in [0.25, 0.3) is 0 Å². The Balaban J connectivity index is 2.21. The molecule has 1 heterocycles. The Hall–Kier alpha value is -1.85. The van der Waals surface area contributed by atoms with Crippen LogP contribution in [-0.4, -0.2) is 26.8 Å². The molecule has 0 saturated heterocycles.